The molecule has 0 aromatic heterocycles. The van der Waals surface area contributed by atoms with Crippen LogP contribution >= 0.6 is 0 Å². The first kappa shape index (κ1) is 9.08. The second kappa shape index (κ2) is 3.71. The number of nitrogens with zero attached hydrogens (tertiary/aromatic N) is 1. The van der Waals surface area contributed by atoms with Gasteiger partial charge in [0.1, 0.15) is 0 Å². The van der Waals surface area contributed by atoms with Crippen LogP contribution in [0.4, 0.5) is 5.69 Å². The fraction of sp³-hybridized carbons (Fsp3) is 0.417. The number of fused-ring (bicyclic) bond motifs is 1. The van der Waals surface area contributed by atoms with Gasteiger partial charge in [-0.3, -0.25) is 0 Å². The summed E-state index contributed by atoms with van der Waals surface area (Å²) >= 11 is 0. The second-order valence-corrected chi connectivity index (χ2v) is 3.72. The SMILES string of the molecule is CCc1cccc2c1NCC(C#N)C2. The van der Waals surface area contributed by atoms with Crippen molar-refractivity contribution in [3.63, 3.8) is 0 Å². The van der Waals surface area contributed by atoms with Crippen LogP contribution in [0.2, 0.25) is 0 Å². The molecule has 14 heavy (non-hydrogen) atoms. The predicted octanol–water partition coefficient (Wildman–Crippen LogP) is 2.36. The van der Waals surface area contributed by atoms with E-state index in [1.165, 1.54) is 16.8 Å². The van der Waals surface area contributed by atoms with Gasteiger partial charge in [0.05, 0.1) is 12.0 Å². The number of nitrogens with one attached hydrogen (secondary N) is 1. The molecular formula is C12H14N2. The van der Waals surface area contributed by atoms with Crippen LogP contribution in [0.25, 0.3) is 0 Å². The minimum atomic E-state index is 0.134. The molecule has 0 saturated heterocycles. The van der Waals surface area contributed by atoms with E-state index in [-0.39, 0.29) is 5.92 Å². The highest BCUT2D eigenvalue weighted by Crippen LogP contribution is 2.28. The lowest BCUT2D eigenvalue weighted by molar-refractivity contribution is 0.672. The molecule has 0 radical (unpaired) electrons. The van der Waals surface area contributed by atoms with Crippen molar-refractivity contribution in [3.05, 3.63) is 29.3 Å². The highest BCUT2D eigenvalue weighted by atomic mass is 14.9. The zero-order valence-electron chi connectivity index (χ0n) is 8.38. The summed E-state index contributed by atoms with van der Waals surface area (Å²) < 4.78 is 0. The van der Waals surface area contributed by atoms with E-state index < -0.39 is 0 Å². The van der Waals surface area contributed by atoms with Crippen molar-refractivity contribution in [2.24, 2.45) is 5.92 Å². The number of para-hydroxylation sites is 1. The van der Waals surface area contributed by atoms with Gasteiger partial charge in [0, 0.05) is 12.2 Å². The molecule has 1 N–H and O–H groups in total. The van der Waals surface area contributed by atoms with Crippen LogP contribution in [0.1, 0.15) is 18.1 Å². The summed E-state index contributed by atoms with van der Waals surface area (Å²) in [7, 11) is 0. The molecule has 1 atom stereocenters. The van der Waals surface area contributed by atoms with Crippen LogP contribution in [-0.2, 0) is 12.8 Å². The van der Waals surface area contributed by atoms with Gasteiger partial charge >= 0.3 is 0 Å². The molecule has 2 rings (SSSR count). The Morgan fingerprint density at radius 1 is 1.57 bits per heavy atom. The second-order valence-electron chi connectivity index (χ2n) is 3.72. The molecule has 1 unspecified atom stereocenters. The fourth-order valence-electron chi connectivity index (χ4n) is 2.00. The molecule has 1 aromatic carbocycles. The van der Waals surface area contributed by atoms with Crippen LogP contribution in [0.3, 0.4) is 0 Å². The lowest BCUT2D eigenvalue weighted by Gasteiger charge is -2.23. The maximum absolute atomic E-state index is 8.85. The smallest absolute Gasteiger partial charge is 0.0677 e. The minimum Gasteiger partial charge on any atom is -0.383 e. The molecule has 2 heteroatoms. The molecule has 0 fully saturated rings. The van der Waals surface area contributed by atoms with Crippen molar-refractivity contribution in [1.82, 2.24) is 0 Å². The average Bonchev–Trinajstić information content (AvgIpc) is 2.27. The van der Waals surface area contributed by atoms with Crippen molar-refractivity contribution in [3.8, 4) is 6.07 Å². The largest absolute Gasteiger partial charge is 0.383 e. The summed E-state index contributed by atoms with van der Waals surface area (Å²) in [6, 6.07) is 8.67. The number of rotatable bonds is 1. The van der Waals surface area contributed by atoms with E-state index in [1.807, 2.05) is 0 Å². The maximum Gasteiger partial charge on any atom is 0.0677 e. The van der Waals surface area contributed by atoms with Gasteiger partial charge in [0.25, 0.3) is 0 Å². The summed E-state index contributed by atoms with van der Waals surface area (Å²) in [5.74, 6) is 0.134. The Labute approximate surface area is 84.6 Å². The Bertz CT molecular complexity index is 376. The van der Waals surface area contributed by atoms with Crippen molar-refractivity contribution < 1.29 is 0 Å². The molecule has 0 spiro atoms. The normalized spacial score (nSPS) is 19.3. The van der Waals surface area contributed by atoms with E-state index in [4.69, 9.17) is 5.26 Å². The number of anilines is 1. The van der Waals surface area contributed by atoms with Gasteiger partial charge in [0.2, 0.25) is 0 Å². The Hall–Kier alpha value is -1.49. The van der Waals surface area contributed by atoms with Gasteiger partial charge in [-0.2, -0.15) is 5.26 Å². The van der Waals surface area contributed by atoms with Gasteiger partial charge in [-0.15, -0.1) is 0 Å². The molecule has 1 aromatic rings. The first-order valence-corrected chi connectivity index (χ1v) is 5.09. The van der Waals surface area contributed by atoms with Gasteiger partial charge in [-0.1, -0.05) is 25.1 Å². The first-order valence-electron chi connectivity index (χ1n) is 5.09. The number of nitriles is 1. The zero-order chi connectivity index (χ0) is 9.97. The summed E-state index contributed by atoms with van der Waals surface area (Å²) in [6.45, 7) is 2.95. The summed E-state index contributed by atoms with van der Waals surface area (Å²) in [6.07, 6.45) is 1.94. The molecule has 0 saturated carbocycles. The minimum absolute atomic E-state index is 0.134. The molecule has 0 aliphatic carbocycles. The van der Waals surface area contributed by atoms with E-state index in [0.29, 0.717) is 0 Å². The number of aryl methyl sites for hydroxylation is 1. The lowest BCUT2D eigenvalue weighted by atomic mass is 9.92. The third-order valence-electron chi connectivity index (χ3n) is 2.79. The predicted molar refractivity (Wildman–Crippen MR) is 57.1 cm³/mol. The van der Waals surface area contributed by atoms with E-state index in [1.54, 1.807) is 0 Å². The molecular weight excluding hydrogens is 172 g/mol. The quantitative estimate of drug-likeness (QED) is 0.730. The molecule has 1 aliphatic rings. The van der Waals surface area contributed by atoms with Crippen LogP contribution in [0, 0.1) is 17.2 Å². The maximum atomic E-state index is 8.85. The van der Waals surface area contributed by atoms with Crippen LogP contribution in [-0.4, -0.2) is 6.54 Å². The third-order valence-corrected chi connectivity index (χ3v) is 2.79. The summed E-state index contributed by atoms with van der Waals surface area (Å²) in [5.41, 5.74) is 3.92. The average molecular weight is 186 g/mol. The summed E-state index contributed by atoms with van der Waals surface area (Å²) in [5, 5.41) is 12.2. The van der Waals surface area contributed by atoms with Crippen molar-refractivity contribution >= 4 is 5.69 Å². The van der Waals surface area contributed by atoms with E-state index in [9.17, 15) is 0 Å². The Morgan fingerprint density at radius 2 is 2.43 bits per heavy atom. The standard InChI is InChI=1S/C12H14N2/c1-2-10-4-3-5-11-6-9(7-13)8-14-12(10)11/h3-5,9,14H,2,6,8H2,1H3. The lowest BCUT2D eigenvalue weighted by Crippen LogP contribution is -2.22. The molecule has 0 bridgehead atoms. The molecule has 72 valence electrons. The molecule has 2 nitrogen and oxygen atoms in total. The Morgan fingerprint density at radius 3 is 3.14 bits per heavy atom. The monoisotopic (exact) mass is 186 g/mol. The topological polar surface area (TPSA) is 35.8 Å². The summed E-state index contributed by atoms with van der Waals surface area (Å²) in [4.78, 5) is 0. The molecule has 0 amide bonds. The number of benzene rings is 1. The zero-order valence-corrected chi connectivity index (χ0v) is 8.38. The Balaban J connectivity index is 2.36. The van der Waals surface area contributed by atoms with Crippen LogP contribution in [0.5, 0.6) is 0 Å². The van der Waals surface area contributed by atoms with Crippen molar-refractivity contribution in [2.45, 2.75) is 19.8 Å². The van der Waals surface area contributed by atoms with E-state index >= 15 is 0 Å². The fourth-order valence-corrected chi connectivity index (χ4v) is 2.00. The first-order chi connectivity index (χ1) is 6.85. The highest BCUT2D eigenvalue weighted by molar-refractivity contribution is 5.59. The van der Waals surface area contributed by atoms with Crippen LogP contribution in [0.15, 0.2) is 18.2 Å². The van der Waals surface area contributed by atoms with E-state index in [0.717, 1.165) is 19.4 Å². The Kier molecular flexibility index (Phi) is 2.41. The number of hydrogen-bond acceptors (Lipinski definition) is 2. The van der Waals surface area contributed by atoms with Gasteiger partial charge in [0.15, 0.2) is 0 Å². The van der Waals surface area contributed by atoms with E-state index in [2.05, 4.69) is 36.5 Å². The molecule has 1 heterocycles. The van der Waals surface area contributed by atoms with Crippen molar-refractivity contribution in [2.75, 3.05) is 11.9 Å². The number of hydrogen-bond donors (Lipinski definition) is 1. The van der Waals surface area contributed by atoms with Crippen LogP contribution < -0.4 is 5.32 Å². The van der Waals surface area contributed by atoms with Gasteiger partial charge < -0.3 is 5.32 Å². The third kappa shape index (κ3) is 1.46. The van der Waals surface area contributed by atoms with Gasteiger partial charge in [-0.05, 0) is 24.0 Å². The van der Waals surface area contributed by atoms with Gasteiger partial charge in [-0.25, -0.2) is 0 Å². The van der Waals surface area contributed by atoms with Crippen molar-refractivity contribution in [1.29, 1.82) is 5.26 Å². The highest BCUT2D eigenvalue weighted by Gasteiger charge is 2.18. The molecule has 1 aliphatic heterocycles.